The van der Waals surface area contributed by atoms with Crippen LogP contribution in [0.1, 0.15) is 18.1 Å². The summed E-state index contributed by atoms with van der Waals surface area (Å²) >= 11 is 5.36. The molecule has 168 valence electrons. The topological polar surface area (TPSA) is 65.5 Å². The van der Waals surface area contributed by atoms with Gasteiger partial charge in [0.15, 0.2) is 5.11 Å². The zero-order valence-corrected chi connectivity index (χ0v) is 19.2. The summed E-state index contributed by atoms with van der Waals surface area (Å²) in [5.41, 5.74) is 4.26. The van der Waals surface area contributed by atoms with Gasteiger partial charge >= 0.3 is 0 Å². The Balaban J connectivity index is 1.33. The summed E-state index contributed by atoms with van der Waals surface area (Å²) in [6.45, 7) is 3.65. The number of rotatable bonds is 11. The van der Waals surface area contributed by atoms with Crippen LogP contribution in [0.2, 0.25) is 0 Å². The molecule has 1 atom stereocenters. The van der Waals surface area contributed by atoms with E-state index in [4.69, 9.17) is 17.0 Å². The summed E-state index contributed by atoms with van der Waals surface area (Å²) in [7, 11) is 0. The van der Waals surface area contributed by atoms with Crippen LogP contribution in [0.5, 0.6) is 5.75 Å². The Morgan fingerprint density at radius 3 is 2.28 bits per heavy atom. The van der Waals surface area contributed by atoms with Crippen molar-refractivity contribution in [3.05, 3.63) is 90.0 Å². The molecule has 3 aromatic carbocycles. The second-order valence-corrected chi connectivity index (χ2v) is 7.93. The SMILES string of the molecule is CCc1ccccc1OC[C@@H](O)CNCCc1ccc(NC(=S)Nc2ccccc2)cc1. The van der Waals surface area contributed by atoms with Gasteiger partial charge in [0.2, 0.25) is 0 Å². The average molecular weight is 450 g/mol. The summed E-state index contributed by atoms with van der Waals surface area (Å²) in [5.74, 6) is 0.848. The molecule has 0 aromatic heterocycles. The number of nitrogens with one attached hydrogen (secondary N) is 3. The van der Waals surface area contributed by atoms with Crippen LogP contribution in [0.3, 0.4) is 0 Å². The first-order valence-electron chi connectivity index (χ1n) is 11.0. The highest BCUT2D eigenvalue weighted by Crippen LogP contribution is 2.18. The zero-order valence-electron chi connectivity index (χ0n) is 18.4. The number of aryl methyl sites for hydroxylation is 1. The molecular weight excluding hydrogens is 418 g/mol. The molecule has 0 aliphatic carbocycles. The summed E-state index contributed by atoms with van der Waals surface area (Å²) in [4.78, 5) is 0. The van der Waals surface area contributed by atoms with Gasteiger partial charge in [-0.1, -0.05) is 55.5 Å². The first-order valence-corrected chi connectivity index (χ1v) is 11.4. The van der Waals surface area contributed by atoms with E-state index in [2.05, 4.69) is 35.0 Å². The van der Waals surface area contributed by atoms with E-state index in [1.165, 1.54) is 5.56 Å². The van der Waals surface area contributed by atoms with Crippen molar-refractivity contribution in [3.63, 3.8) is 0 Å². The van der Waals surface area contributed by atoms with Crippen LogP contribution in [0.15, 0.2) is 78.9 Å². The molecule has 0 heterocycles. The standard InChI is InChI=1S/C26H31N3O2S/c1-2-21-8-6-7-11-25(21)31-19-24(30)18-27-17-16-20-12-14-23(15-13-20)29-26(32)28-22-9-4-3-5-10-22/h3-15,24,27,30H,2,16-19H2,1H3,(H2,28,29,32)/t24-/m0/s1. The van der Waals surface area contributed by atoms with Crippen molar-refractivity contribution in [2.45, 2.75) is 25.9 Å². The van der Waals surface area contributed by atoms with Crippen molar-refractivity contribution in [1.82, 2.24) is 5.32 Å². The minimum atomic E-state index is -0.551. The van der Waals surface area contributed by atoms with E-state index in [0.717, 1.165) is 42.1 Å². The number of benzene rings is 3. The minimum absolute atomic E-state index is 0.279. The van der Waals surface area contributed by atoms with Gasteiger partial charge in [0.25, 0.3) is 0 Å². The van der Waals surface area contributed by atoms with Crippen molar-refractivity contribution in [3.8, 4) is 5.75 Å². The quantitative estimate of drug-likeness (QED) is 0.253. The van der Waals surface area contributed by atoms with E-state index >= 15 is 0 Å². The van der Waals surface area contributed by atoms with Crippen LogP contribution in [-0.2, 0) is 12.8 Å². The summed E-state index contributed by atoms with van der Waals surface area (Å²) in [6.07, 6.45) is 1.23. The molecule has 32 heavy (non-hydrogen) atoms. The molecule has 0 aliphatic rings. The third-order valence-corrected chi connectivity index (χ3v) is 5.20. The lowest BCUT2D eigenvalue weighted by atomic mass is 10.1. The van der Waals surface area contributed by atoms with Crippen molar-refractivity contribution >= 4 is 28.7 Å². The van der Waals surface area contributed by atoms with Crippen molar-refractivity contribution in [1.29, 1.82) is 0 Å². The van der Waals surface area contributed by atoms with E-state index in [1.54, 1.807) is 0 Å². The Hall–Kier alpha value is -2.93. The molecule has 5 nitrogen and oxygen atoms in total. The van der Waals surface area contributed by atoms with Gasteiger partial charge in [0.1, 0.15) is 18.5 Å². The molecule has 0 aliphatic heterocycles. The Morgan fingerprint density at radius 1 is 0.906 bits per heavy atom. The van der Waals surface area contributed by atoms with Gasteiger partial charge < -0.3 is 25.8 Å². The maximum Gasteiger partial charge on any atom is 0.175 e. The minimum Gasteiger partial charge on any atom is -0.491 e. The highest BCUT2D eigenvalue weighted by molar-refractivity contribution is 7.80. The molecule has 3 aromatic rings. The van der Waals surface area contributed by atoms with Crippen LogP contribution in [0, 0.1) is 0 Å². The monoisotopic (exact) mass is 449 g/mol. The Morgan fingerprint density at radius 2 is 1.56 bits per heavy atom. The molecule has 0 fully saturated rings. The van der Waals surface area contributed by atoms with Crippen LogP contribution in [0.4, 0.5) is 11.4 Å². The average Bonchev–Trinajstić information content (AvgIpc) is 2.82. The van der Waals surface area contributed by atoms with Gasteiger partial charge in [-0.3, -0.25) is 0 Å². The van der Waals surface area contributed by atoms with Crippen LogP contribution in [-0.4, -0.2) is 36.0 Å². The van der Waals surface area contributed by atoms with E-state index in [-0.39, 0.29) is 6.61 Å². The first-order chi connectivity index (χ1) is 15.6. The zero-order chi connectivity index (χ0) is 22.6. The smallest absolute Gasteiger partial charge is 0.175 e. The maximum absolute atomic E-state index is 10.2. The fourth-order valence-electron chi connectivity index (χ4n) is 3.25. The lowest BCUT2D eigenvalue weighted by Crippen LogP contribution is -2.32. The number of aliphatic hydroxyl groups is 1. The van der Waals surface area contributed by atoms with E-state index < -0.39 is 6.10 Å². The molecule has 0 radical (unpaired) electrons. The number of anilines is 2. The fraction of sp³-hybridized carbons (Fsp3) is 0.269. The lowest BCUT2D eigenvalue weighted by Gasteiger charge is -2.15. The van der Waals surface area contributed by atoms with Gasteiger partial charge in [0.05, 0.1) is 0 Å². The Labute approximate surface area is 195 Å². The number of hydrogen-bond acceptors (Lipinski definition) is 4. The number of ether oxygens (including phenoxy) is 1. The second kappa shape index (κ2) is 12.8. The lowest BCUT2D eigenvalue weighted by molar-refractivity contribution is 0.106. The third kappa shape index (κ3) is 7.96. The molecular formula is C26H31N3O2S. The largest absolute Gasteiger partial charge is 0.491 e. The molecule has 0 saturated heterocycles. The Bertz CT molecular complexity index is 964. The normalized spacial score (nSPS) is 11.6. The molecule has 0 bridgehead atoms. The van der Waals surface area contributed by atoms with Crippen LogP contribution >= 0.6 is 12.2 Å². The highest BCUT2D eigenvalue weighted by Gasteiger charge is 2.07. The number of aliphatic hydroxyl groups excluding tert-OH is 1. The van der Waals surface area contributed by atoms with E-state index in [1.807, 2.05) is 66.7 Å². The third-order valence-electron chi connectivity index (χ3n) is 5.00. The molecule has 0 spiro atoms. The van der Waals surface area contributed by atoms with Gasteiger partial charge in [0, 0.05) is 17.9 Å². The van der Waals surface area contributed by atoms with Crippen molar-refractivity contribution < 1.29 is 9.84 Å². The summed E-state index contributed by atoms with van der Waals surface area (Å²) < 4.78 is 5.77. The van der Waals surface area contributed by atoms with E-state index in [9.17, 15) is 5.11 Å². The van der Waals surface area contributed by atoms with Crippen LogP contribution in [0.25, 0.3) is 0 Å². The molecule has 6 heteroatoms. The van der Waals surface area contributed by atoms with E-state index in [0.29, 0.717) is 11.7 Å². The number of hydrogen-bond donors (Lipinski definition) is 4. The van der Waals surface area contributed by atoms with Crippen molar-refractivity contribution in [2.75, 3.05) is 30.3 Å². The molecule has 0 amide bonds. The summed E-state index contributed by atoms with van der Waals surface area (Å²) in [6, 6.07) is 26.0. The van der Waals surface area contributed by atoms with Crippen LogP contribution < -0.4 is 20.7 Å². The fourth-order valence-corrected chi connectivity index (χ4v) is 3.49. The number of thiocarbonyl (C=S) groups is 1. The van der Waals surface area contributed by atoms with Gasteiger partial charge in [-0.25, -0.2) is 0 Å². The van der Waals surface area contributed by atoms with Gasteiger partial charge in [-0.05, 0) is 73.1 Å². The maximum atomic E-state index is 10.2. The molecule has 3 rings (SSSR count). The molecule has 0 saturated carbocycles. The van der Waals surface area contributed by atoms with Crippen molar-refractivity contribution in [2.24, 2.45) is 0 Å². The van der Waals surface area contributed by atoms with Gasteiger partial charge in [-0.2, -0.15) is 0 Å². The number of para-hydroxylation sites is 2. The Kier molecular flexibility index (Phi) is 9.50. The molecule has 0 unspecified atom stereocenters. The van der Waals surface area contributed by atoms with Gasteiger partial charge in [-0.15, -0.1) is 0 Å². The predicted octanol–water partition coefficient (Wildman–Crippen LogP) is 4.63. The summed E-state index contributed by atoms with van der Waals surface area (Å²) in [5, 5.41) is 20.4. The highest BCUT2D eigenvalue weighted by atomic mass is 32.1. The molecule has 4 N–H and O–H groups in total. The first kappa shape index (κ1) is 23.7. The second-order valence-electron chi connectivity index (χ2n) is 7.52. The predicted molar refractivity (Wildman–Crippen MR) is 137 cm³/mol.